The lowest BCUT2D eigenvalue weighted by molar-refractivity contribution is 1.41. The Kier molecular flexibility index (Phi) is 3.72. The van der Waals surface area contributed by atoms with Gasteiger partial charge >= 0.3 is 0 Å². The van der Waals surface area contributed by atoms with Gasteiger partial charge in [-0.15, -0.1) is 0 Å². The van der Waals surface area contributed by atoms with Crippen LogP contribution in [0.15, 0.2) is 53.5 Å². The highest BCUT2D eigenvalue weighted by atomic mass is 79.9. The Labute approximate surface area is 116 Å². The maximum Gasteiger partial charge on any atom is 0.0388 e. The molecule has 0 aliphatic heterocycles. The molecule has 0 bridgehead atoms. The fourth-order valence-electron chi connectivity index (χ4n) is 1.74. The van der Waals surface area contributed by atoms with E-state index in [9.17, 15) is 0 Å². The Morgan fingerprint density at radius 1 is 1.17 bits per heavy atom. The van der Waals surface area contributed by atoms with Gasteiger partial charge in [0.05, 0.1) is 0 Å². The summed E-state index contributed by atoms with van der Waals surface area (Å²) in [5, 5.41) is 3.28. The summed E-state index contributed by atoms with van der Waals surface area (Å²) in [6.07, 6.45) is 0. The molecule has 92 valence electrons. The van der Waals surface area contributed by atoms with Crippen LogP contribution in [-0.2, 0) is 0 Å². The van der Waals surface area contributed by atoms with Crippen LogP contribution in [0.4, 0.5) is 11.4 Å². The maximum absolute atomic E-state index is 5.80. The second-order valence-corrected chi connectivity index (χ2v) is 5.10. The summed E-state index contributed by atoms with van der Waals surface area (Å²) in [4.78, 5) is 0. The largest absolute Gasteiger partial charge is 0.399 e. The summed E-state index contributed by atoms with van der Waals surface area (Å²) in [6, 6.07) is 13.8. The third-order valence-electron chi connectivity index (χ3n) is 2.73. The number of hydrogen-bond acceptors (Lipinski definition) is 2. The molecule has 0 unspecified atom stereocenters. The topological polar surface area (TPSA) is 38.0 Å². The van der Waals surface area contributed by atoms with Crippen LogP contribution in [0.2, 0.25) is 0 Å². The van der Waals surface area contributed by atoms with E-state index in [0.29, 0.717) is 0 Å². The third-order valence-corrected chi connectivity index (χ3v) is 3.25. The van der Waals surface area contributed by atoms with Crippen LogP contribution in [0, 0.1) is 6.92 Å². The monoisotopic (exact) mass is 302 g/mol. The Bertz CT molecular complexity index is 574. The molecule has 2 aromatic rings. The van der Waals surface area contributed by atoms with Crippen LogP contribution in [-0.4, -0.2) is 0 Å². The van der Waals surface area contributed by atoms with Crippen LogP contribution in [0.3, 0.4) is 0 Å². The van der Waals surface area contributed by atoms with Gasteiger partial charge in [0.2, 0.25) is 0 Å². The highest BCUT2D eigenvalue weighted by Crippen LogP contribution is 2.23. The van der Waals surface area contributed by atoms with Gasteiger partial charge in [-0.3, -0.25) is 0 Å². The molecule has 0 aliphatic rings. The Hall–Kier alpha value is -1.74. The van der Waals surface area contributed by atoms with E-state index in [4.69, 9.17) is 5.73 Å². The number of nitrogen functional groups attached to an aromatic ring is 1. The standard InChI is InChI=1S/C15H15BrN2/c1-10-3-6-13(17)9-15(10)11(2)18-14-7-4-12(16)5-8-14/h3-9,18H,2,17H2,1H3. The van der Waals surface area contributed by atoms with Gasteiger partial charge < -0.3 is 11.1 Å². The molecule has 0 heterocycles. The van der Waals surface area contributed by atoms with Crippen molar-refractivity contribution in [2.75, 3.05) is 11.1 Å². The molecule has 0 aromatic heterocycles. The first-order chi connectivity index (χ1) is 8.56. The van der Waals surface area contributed by atoms with E-state index >= 15 is 0 Å². The van der Waals surface area contributed by atoms with Crippen molar-refractivity contribution in [1.82, 2.24) is 0 Å². The first kappa shape index (κ1) is 12.7. The summed E-state index contributed by atoms with van der Waals surface area (Å²) >= 11 is 3.41. The first-order valence-electron chi connectivity index (χ1n) is 5.64. The fraction of sp³-hybridized carbons (Fsp3) is 0.0667. The van der Waals surface area contributed by atoms with E-state index in [1.807, 2.05) is 49.4 Å². The van der Waals surface area contributed by atoms with Crippen molar-refractivity contribution in [1.29, 1.82) is 0 Å². The normalized spacial score (nSPS) is 10.1. The number of benzene rings is 2. The molecule has 3 heteroatoms. The minimum Gasteiger partial charge on any atom is -0.399 e. The van der Waals surface area contributed by atoms with Crippen LogP contribution in [0.25, 0.3) is 5.70 Å². The highest BCUT2D eigenvalue weighted by molar-refractivity contribution is 9.10. The minimum atomic E-state index is 0.745. The predicted molar refractivity (Wildman–Crippen MR) is 82.4 cm³/mol. The molecule has 0 spiro atoms. The van der Waals surface area contributed by atoms with Gasteiger partial charge in [-0.2, -0.15) is 0 Å². The van der Waals surface area contributed by atoms with Crippen molar-refractivity contribution < 1.29 is 0 Å². The average Bonchev–Trinajstić information content (AvgIpc) is 2.35. The van der Waals surface area contributed by atoms with Crippen LogP contribution in [0.1, 0.15) is 11.1 Å². The number of nitrogens with one attached hydrogen (secondary N) is 1. The average molecular weight is 303 g/mol. The number of aryl methyl sites for hydroxylation is 1. The maximum atomic E-state index is 5.80. The summed E-state index contributed by atoms with van der Waals surface area (Å²) in [5.74, 6) is 0. The molecule has 0 radical (unpaired) electrons. The van der Waals surface area contributed by atoms with Crippen molar-refractivity contribution in [2.24, 2.45) is 0 Å². The molecule has 2 rings (SSSR count). The number of hydrogen-bond donors (Lipinski definition) is 2. The third kappa shape index (κ3) is 2.93. The molecule has 0 amide bonds. The number of anilines is 2. The van der Waals surface area contributed by atoms with E-state index in [1.54, 1.807) is 0 Å². The first-order valence-corrected chi connectivity index (χ1v) is 6.43. The molecule has 0 saturated heterocycles. The Morgan fingerprint density at radius 2 is 1.83 bits per heavy atom. The van der Waals surface area contributed by atoms with Gasteiger partial charge in [0.1, 0.15) is 0 Å². The van der Waals surface area contributed by atoms with E-state index in [-0.39, 0.29) is 0 Å². The summed E-state index contributed by atoms with van der Waals surface area (Å²) in [6.45, 7) is 6.11. The number of nitrogens with two attached hydrogens (primary N) is 1. The number of halogens is 1. The minimum absolute atomic E-state index is 0.745. The van der Waals surface area contributed by atoms with Gasteiger partial charge in [-0.25, -0.2) is 0 Å². The van der Waals surface area contributed by atoms with E-state index in [1.165, 1.54) is 0 Å². The molecule has 0 aliphatic carbocycles. The van der Waals surface area contributed by atoms with Gasteiger partial charge in [0, 0.05) is 27.1 Å². The van der Waals surface area contributed by atoms with E-state index < -0.39 is 0 Å². The lowest BCUT2D eigenvalue weighted by Gasteiger charge is -2.13. The second-order valence-electron chi connectivity index (χ2n) is 4.18. The van der Waals surface area contributed by atoms with Gasteiger partial charge in [-0.05, 0) is 48.9 Å². The van der Waals surface area contributed by atoms with Crippen LogP contribution < -0.4 is 11.1 Å². The molecule has 0 atom stereocenters. The molecule has 0 saturated carbocycles. The summed E-state index contributed by atoms with van der Waals surface area (Å²) in [5.41, 5.74) is 10.6. The molecule has 2 aromatic carbocycles. The van der Waals surface area contributed by atoms with Crippen LogP contribution in [0.5, 0.6) is 0 Å². The zero-order valence-electron chi connectivity index (χ0n) is 10.2. The van der Waals surface area contributed by atoms with Crippen molar-refractivity contribution >= 4 is 33.0 Å². The van der Waals surface area contributed by atoms with Crippen molar-refractivity contribution in [3.8, 4) is 0 Å². The Balaban J connectivity index is 2.21. The van der Waals surface area contributed by atoms with Crippen molar-refractivity contribution in [3.05, 3.63) is 64.6 Å². The zero-order chi connectivity index (χ0) is 13.1. The molecule has 0 fully saturated rings. The van der Waals surface area contributed by atoms with E-state index in [2.05, 4.69) is 27.8 Å². The summed E-state index contributed by atoms with van der Waals surface area (Å²) in [7, 11) is 0. The predicted octanol–water partition coefficient (Wildman–Crippen LogP) is 4.42. The molecule has 18 heavy (non-hydrogen) atoms. The summed E-state index contributed by atoms with van der Waals surface area (Å²) < 4.78 is 1.05. The van der Waals surface area contributed by atoms with Gasteiger partial charge in [-0.1, -0.05) is 28.6 Å². The van der Waals surface area contributed by atoms with E-state index in [0.717, 1.165) is 32.7 Å². The Morgan fingerprint density at radius 3 is 2.50 bits per heavy atom. The molecular weight excluding hydrogens is 288 g/mol. The van der Waals surface area contributed by atoms with Crippen molar-refractivity contribution in [3.63, 3.8) is 0 Å². The number of rotatable bonds is 3. The lowest BCUT2D eigenvalue weighted by atomic mass is 10.1. The molecular formula is C15H15BrN2. The van der Waals surface area contributed by atoms with Crippen LogP contribution >= 0.6 is 15.9 Å². The SMILES string of the molecule is C=C(Nc1ccc(Br)cc1)c1cc(N)ccc1C. The van der Waals surface area contributed by atoms with Gasteiger partial charge in [0.15, 0.2) is 0 Å². The fourth-order valence-corrected chi connectivity index (χ4v) is 2.00. The molecule has 2 nitrogen and oxygen atoms in total. The second kappa shape index (κ2) is 5.27. The lowest BCUT2D eigenvalue weighted by Crippen LogP contribution is -2.00. The smallest absolute Gasteiger partial charge is 0.0388 e. The molecule has 3 N–H and O–H groups in total. The van der Waals surface area contributed by atoms with Crippen molar-refractivity contribution in [2.45, 2.75) is 6.92 Å². The quantitative estimate of drug-likeness (QED) is 0.824. The zero-order valence-corrected chi connectivity index (χ0v) is 11.8. The van der Waals surface area contributed by atoms with Gasteiger partial charge in [0.25, 0.3) is 0 Å². The highest BCUT2D eigenvalue weighted by Gasteiger charge is 2.04.